The Morgan fingerprint density at radius 1 is 0.552 bits per heavy atom. The maximum absolute atomic E-state index is 13.2. The number of aliphatic hydroxyl groups is 1. The van der Waals surface area contributed by atoms with Gasteiger partial charge < -0.3 is 5.11 Å². The molecule has 19 heteroatoms. The summed E-state index contributed by atoms with van der Waals surface area (Å²) >= 11 is 0. The summed E-state index contributed by atoms with van der Waals surface area (Å²) in [6.45, 7) is -0.628. The molecule has 0 bridgehead atoms. The van der Waals surface area contributed by atoms with Gasteiger partial charge in [-0.3, -0.25) is 9.47 Å². The molecule has 0 heterocycles. The van der Waals surface area contributed by atoms with Crippen LogP contribution in [-0.4, -0.2) is 59.8 Å². The Hall–Kier alpha value is -1.24. The molecule has 0 fully saturated rings. The fourth-order valence-corrected chi connectivity index (χ4v) is 1.14. The van der Waals surface area contributed by atoms with Crippen LogP contribution in [0.3, 0.4) is 0 Å². The van der Waals surface area contributed by atoms with Gasteiger partial charge in [0.15, 0.2) is 0 Å². The number of hydrogen-bond acceptors (Lipinski definition) is 3. The second kappa shape index (κ2) is 7.47. The van der Waals surface area contributed by atoms with Crippen LogP contribution in [0.4, 0.5) is 70.2 Å². The van der Waals surface area contributed by atoms with Crippen molar-refractivity contribution in [2.45, 2.75) is 61.7 Å². The molecule has 1 N–H and O–H groups in total. The van der Waals surface area contributed by atoms with Crippen molar-refractivity contribution in [2.24, 2.45) is 0 Å². The van der Waals surface area contributed by atoms with Crippen molar-refractivity contribution in [3.05, 3.63) is 0 Å². The fourth-order valence-electron chi connectivity index (χ4n) is 1.14. The standard InChI is InChI=1S/C10H6F16O3/c1-4(13,14)2(11)28-9(23,24)7(19,20)6(17,18)8(21,22)10(25,26)29-3(12)5(15,16)27/h2-3,27H,1H3. The van der Waals surface area contributed by atoms with Crippen LogP contribution < -0.4 is 0 Å². The van der Waals surface area contributed by atoms with Crippen molar-refractivity contribution >= 4 is 0 Å². The Morgan fingerprint density at radius 2 is 0.828 bits per heavy atom. The largest absolute Gasteiger partial charge is 0.428 e. The molecule has 3 nitrogen and oxygen atoms in total. The minimum absolute atomic E-state index is 0.628. The van der Waals surface area contributed by atoms with E-state index >= 15 is 0 Å². The molecule has 0 aromatic heterocycles. The van der Waals surface area contributed by atoms with Gasteiger partial charge in [-0.2, -0.15) is 52.7 Å². The lowest BCUT2D eigenvalue weighted by Gasteiger charge is -2.39. The topological polar surface area (TPSA) is 38.7 Å². The minimum Gasteiger partial charge on any atom is -0.332 e. The zero-order chi connectivity index (χ0) is 24.1. The van der Waals surface area contributed by atoms with Crippen molar-refractivity contribution in [2.75, 3.05) is 0 Å². The monoisotopic (exact) mass is 478 g/mol. The van der Waals surface area contributed by atoms with Crippen LogP contribution >= 0.6 is 0 Å². The van der Waals surface area contributed by atoms with E-state index in [9.17, 15) is 70.2 Å². The molecular formula is C10H6F16O3. The molecule has 2 atom stereocenters. The van der Waals surface area contributed by atoms with Crippen molar-refractivity contribution in [3.63, 3.8) is 0 Å². The molecule has 0 saturated heterocycles. The molecule has 176 valence electrons. The van der Waals surface area contributed by atoms with Gasteiger partial charge >= 0.3 is 36.1 Å². The van der Waals surface area contributed by atoms with E-state index < -0.39 is 61.7 Å². The maximum atomic E-state index is 13.2. The van der Waals surface area contributed by atoms with Crippen molar-refractivity contribution in [3.8, 4) is 0 Å². The average Bonchev–Trinajstić information content (AvgIpc) is 2.43. The van der Waals surface area contributed by atoms with Crippen molar-refractivity contribution < 1.29 is 84.8 Å². The molecule has 0 aromatic rings. The number of rotatable bonds is 10. The Morgan fingerprint density at radius 3 is 1.07 bits per heavy atom. The molecular weight excluding hydrogens is 472 g/mol. The first kappa shape index (κ1) is 27.8. The van der Waals surface area contributed by atoms with Gasteiger partial charge in [-0.05, 0) is 0 Å². The lowest BCUT2D eigenvalue weighted by molar-refractivity contribution is -0.495. The van der Waals surface area contributed by atoms with Crippen LogP contribution in [0.2, 0.25) is 0 Å². The third kappa shape index (κ3) is 5.09. The van der Waals surface area contributed by atoms with E-state index in [1.165, 1.54) is 0 Å². The first-order valence-electron chi connectivity index (χ1n) is 6.26. The molecule has 2 unspecified atom stereocenters. The maximum Gasteiger partial charge on any atom is 0.428 e. The van der Waals surface area contributed by atoms with Gasteiger partial charge in [0.1, 0.15) is 0 Å². The Kier molecular flexibility index (Phi) is 7.15. The average molecular weight is 478 g/mol. The van der Waals surface area contributed by atoms with E-state index in [2.05, 4.69) is 0 Å². The second-order valence-electron chi connectivity index (χ2n) is 5.17. The molecule has 0 aliphatic carbocycles. The van der Waals surface area contributed by atoms with Crippen LogP contribution in [0.1, 0.15) is 6.92 Å². The van der Waals surface area contributed by atoms with Crippen molar-refractivity contribution in [1.29, 1.82) is 0 Å². The van der Waals surface area contributed by atoms with Crippen LogP contribution in [-0.2, 0) is 9.47 Å². The number of hydrogen-bond donors (Lipinski definition) is 1. The van der Waals surface area contributed by atoms with Gasteiger partial charge in [-0.15, -0.1) is 0 Å². The summed E-state index contributed by atoms with van der Waals surface area (Å²) < 4.78 is 208. The van der Waals surface area contributed by atoms with Gasteiger partial charge in [-0.25, -0.2) is 17.6 Å². The summed E-state index contributed by atoms with van der Waals surface area (Å²) in [5, 5.41) is 7.58. The Balaban J connectivity index is 6.08. The molecule has 0 aliphatic heterocycles. The summed E-state index contributed by atoms with van der Waals surface area (Å²) in [5.74, 6) is -29.2. The van der Waals surface area contributed by atoms with E-state index in [4.69, 9.17) is 5.11 Å². The predicted molar refractivity (Wildman–Crippen MR) is 54.5 cm³/mol. The predicted octanol–water partition coefficient (Wildman–Crippen LogP) is 4.94. The molecule has 0 radical (unpaired) electrons. The third-order valence-electron chi connectivity index (χ3n) is 2.69. The van der Waals surface area contributed by atoms with E-state index in [1.807, 2.05) is 4.74 Å². The first-order chi connectivity index (χ1) is 12.3. The lowest BCUT2D eigenvalue weighted by Crippen LogP contribution is -2.69. The molecule has 0 amide bonds. The van der Waals surface area contributed by atoms with Gasteiger partial charge in [0.2, 0.25) is 0 Å². The van der Waals surface area contributed by atoms with Gasteiger partial charge in [-0.1, -0.05) is 0 Å². The fraction of sp³-hybridized carbons (Fsp3) is 1.00. The van der Waals surface area contributed by atoms with Crippen molar-refractivity contribution in [1.82, 2.24) is 0 Å². The quantitative estimate of drug-likeness (QED) is 0.453. The molecule has 29 heavy (non-hydrogen) atoms. The molecule has 0 aromatic carbocycles. The highest BCUT2D eigenvalue weighted by atomic mass is 19.4. The van der Waals surface area contributed by atoms with E-state index in [0.29, 0.717) is 0 Å². The zero-order valence-corrected chi connectivity index (χ0v) is 13.0. The highest BCUT2D eigenvalue weighted by Gasteiger charge is 2.88. The zero-order valence-electron chi connectivity index (χ0n) is 13.0. The molecule has 0 saturated carbocycles. The summed E-state index contributed by atoms with van der Waals surface area (Å²) in [4.78, 5) is 0. The summed E-state index contributed by atoms with van der Waals surface area (Å²) in [6.07, 6.45) is -31.0. The number of alkyl halides is 16. The number of halogens is 16. The highest BCUT2D eigenvalue weighted by Crippen LogP contribution is 2.58. The smallest absolute Gasteiger partial charge is 0.332 e. The van der Waals surface area contributed by atoms with Crippen LogP contribution in [0.5, 0.6) is 0 Å². The normalized spacial score (nSPS) is 18.0. The minimum atomic E-state index is -8.14. The van der Waals surface area contributed by atoms with Gasteiger partial charge in [0.05, 0.1) is 0 Å². The third-order valence-corrected chi connectivity index (χ3v) is 2.69. The Bertz CT molecular complexity index is 516. The van der Waals surface area contributed by atoms with Gasteiger partial charge in [0, 0.05) is 6.92 Å². The summed E-state index contributed by atoms with van der Waals surface area (Å²) in [5.41, 5.74) is 0. The first-order valence-corrected chi connectivity index (χ1v) is 6.26. The van der Waals surface area contributed by atoms with Gasteiger partial charge in [0.25, 0.3) is 18.6 Å². The van der Waals surface area contributed by atoms with Crippen LogP contribution in [0.15, 0.2) is 0 Å². The summed E-state index contributed by atoms with van der Waals surface area (Å²) in [6, 6.07) is 0. The lowest BCUT2D eigenvalue weighted by atomic mass is 10.0. The molecule has 0 aliphatic rings. The van der Waals surface area contributed by atoms with Crippen LogP contribution in [0.25, 0.3) is 0 Å². The summed E-state index contributed by atoms with van der Waals surface area (Å²) in [7, 11) is 0. The van der Waals surface area contributed by atoms with E-state index in [1.54, 1.807) is 4.74 Å². The Labute approximate surface area is 148 Å². The van der Waals surface area contributed by atoms with Crippen LogP contribution in [0, 0.1) is 0 Å². The molecule has 0 rings (SSSR count). The SMILES string of the molecule is CC(F)(F)C(F)OC(F)(F)C(F)(F)C(F)(F)C(F)(F)C(F)(F)OC(F)C(O)(F)F. The van der Waals surface area contributed by atoms with E-state index in [-0.39, 0.29) is 0 Å². The van der Waals surface area contributed by atoms with E-state index in [0.717, 1.165) is 0 Å². The second-order valence-corrected chi connectivity index (χ2v) is 5.17. The molecule has 0 spiro atoms. The number of ether oxygens (including phenoxy) is 2. The highest BCUT2D eigenvalue weighted by molar-refractivity contribution is 5.04.